The average molecular weight is 306 g/mol. The molecule has 6 heteroatoms. The van der Waals surface area contributed by atoms with Crippen LogP contribution < -0.4 is 4.74 Å². The second-order valence-electron chi connectivity index (χ2n) is 4.16. The number of nitrogens with zero attached hydrogens (tertiary/aromatic N) is 3. The largest absolute Gasteiger partial charge is 0.496 e. The maximum absolute atomic E-state index is 6.03. The number of hydrogen-bond donors (Lipinski definition) is 0. The quantitative estimate of drug-likeness (QED) is 0.689. The summed E-state index contributed by atoms with van der Waals surface area (Å²) in [5.41, 5.74) is 1.88. The van der Waals surface area contributed by atoms with Crippen molar-refractivity contribution in [3.63, 3.8) is 0 Å². The van der Waals surface area contributed by atoms with Crippen LogP contribution in [-0.4, -0.2) is 21.7 Å². The molecule has 0 saturated carbocycles. The lowest BCUT2D eigenvalue weighted by Crippen LogP contribution is -1.92. The van der Waals surface area contributed by atoms with Crippen LogP contribution in [0.3, 0.4) is 0 Å². The highest BCUT2D eigenvalue weighted by Crippen LogP contribution is 2.29. The molecule has 0 bridgehead atoms. The van der Waals surface area contributed by atoms with E-state index in [9.17, 15) is 0 Å². The van der Waals surface area contributed by atoms with Crippen molar-refractivity contribution in [3.05, 3.63) is 53.2 Å². The zero-order chi connectivity index (χ0) is 13.9. The van der Waals surface area contributed by atoms with Gasteiger partial charge in [-0.1, -0.05) is 29.4 Å². The minimum Gasteiger partial charge on any atom is -0.496 e. The summed E-state index contributed by atoms with van der Waals surface area (Å²) < 4.78 is 7.30. The van der Waals surface area contributed by atoms with Gasteiger partial charge in [0.1, 0.15) is 5.75 Å². The first-order chi connectivity index (χ1) is 9.78. The van der Waals surface area contributed by atoms with Crippen LogP contribution in [0, 0.1) is 0 Å². The van der Waals surface area contributed by atoms with Crippen molar-refractivity contribution < 1.29 is 4.74 Å². The van der Waals surface area contributed by atoms with Gasteiger partial charge in [-0.3, -0.25) is 4.40 Å². The van der Waals surface area contributed by atoms with Crippen molar-refractivity contribution in [2.45, 2.75) is 10.9 Å². The summed E-state index contributed by atoms with van der Waals surface area (Å²) >= 11 is 7.63. The van der Waals surface area contributed by atoms with Crippen molar-refractivity contribution in [1.29, 1.82) is 0 Å². The second kappa shape index (κ2) is 5.73. The standard InChI is InChI=1S/C14H12ClN3OS/c1-19-12-6-5-11(15)8-10(12)9-20-14-17-16-13-4-2-3-7-18(13)14/h2-8H,9H2,1H3. The molecule has 102 valence electrons. The summed E-state index contributed by atoms with van der Waals surface area (Å²) in [5.74, 6) is 1.55. The minimum absolute atomic E-state index is 0.701. The van der Waals surface area contributed by atoms with Crippen LogP contribution in [0.25, 0.3) is 5.65 Å². The van der Waals surface area contributed by atoms with E-state index in [4.69, 9.17) is 16.3 Å². The Bertz CT molecular complexity index is 744. The van der Waals surface area contributed by atoms with Crippen LogP contribution in [0.15, 0.2) is 47.8 Å². The Morgan fingerprint density at radius 2 is 2.15 bits per heavy atom. The van der Waals surface area contributed by atoms with E-state index in [1.54, 1.807) is 18.9 Å². The van der Waals surface area contributed by atoms with E-state index in [1.807, 2.05) is 47.0 Å². The first-order valence-corrected chi connectivity index (χ1v) is 7.39. The van der Waals surface area contributed by atoms with Crippen LogP contribution in [0.4, 0.5) is 0 Å². The number of aromatic nitrogens is 3. The van der Waals surface area contributed by atoms with Crippen LogP contribution in [0.2, 0.25) is 5.02 Å². The van der Waals surface area contributed by atoms with Gasteiger partial charge in [0.25, 0.3) is 0 Å². The normalized spacial score (nSPS) is 10.9. The molecular formula is C14H12ClN3OS. The molecule has 3 aromatic rings. The molecule has 20 heavy (non-hydrogen) atoms. The lowest BCUT2D eigenvalue weighted by atomic mass is 10.2. The highest BCUT2D eigenvalue weighted by Gasteiger charge is 2.09. The highest BCUT2D eigenvalue weighted by molar-refractivity contribution is 7.98. The summed E-state index contributed by atoms with van der Waals surface area (Å²) in [7, 11) is 1.66. The highest BCUT2D eigenvalue weighted by atomic mass is 35.5. The molecule has 0 N–H and O–H groups in total. The van der Waals surface area contributed by atoms with Crippen molar-refractivity contribution in [2.75, 3.05) is 7.11 Å². The Balaban J connectivity index is 1.84. The number of pyridine rings is 1. The number of hydrogen-bond acceptors (Lipinski definition) is 4. The Kier molecular flexibility index (Phi) is 3.80. The smallest absolute Gasteiger partial charge is 0.195 e. The zero-order valence-corrected chi connectivity index (χ0v) is 12.4. The van der Waals surface area contributed by atoms with Crippen molar-refractivity contribution in [3.8, 4) is 5.75 Å². The topological polar surface area (TPSA) is 39.4 Å². The Morgan fingerprint density at radius 1 is 1.25 bits per heavy atom. The van der Waals surface area contributed by atoms with Crippen LogP contribution in [0.5, 0.6) is 5.75 Å². The molecule has 0 aliphatic rings. The fourth-order valence-corrected chi connectivity index (χ4v) is 3.02. The molecule has 0 aliphatic heterocycles. The van der Waals surface area contributed by atoms with E-state index in [2.05, 4.69) is 10.2 Å². The van der Waals surface area contributed by atoms with Gasteiger partial charge in [0.2, 0.25) is 0 Å². The molecule has 1 aromatic carbocycles. The fourth-order valence-electron chi connectivity index (χ4n) is 1.92. The van der Waals surface area contributed by atoms with Gasteiger partial charge in [-0.05, 0) is 30.3 Å². The Labute approximate surface area is 125 Å². The molecule has 3 rings (SSSR count). The summed E-state index contributed by atoms with van der Waals surface area (Å²) in [4.78, 5) is 0. The van der Waals surface area contributed by atoms with E-state index in [0.717, 1.165) is 27.9 Å². The maximum atomic E-state index is 6.03. The van der Waals surface area contributed by atoms with Crippen LogP contribution >= 0.6 is 23.4 Å². The first-order valence-electron chi connectivity index (χ1n) is 6.03. The Hall–Kier alpha value is -1.72. The van der Waals surface area contributed by atoms with Crippen molar-refractivity contribution in [2.24, 2.45) is 0 Å². The predicted molar refractivity (Wildman–Crippen MR) is 80.6 cm³/mol. The maximum Gasteiger partial charge on any atom is 0.195 e. The predicted octanol–water partition coefficient (Wildman–Crippen LogP) is 3.68. The summed E-state index contributed by atoms with van der Waals surface area (Å²) in [6.45, 7) is 0. The molecule has 2 aromatic heterocycles. The van der Waals surface area contributed by atoms with E-state index < -0.39 is 0 Å². The monoisotopic (exact) mass is 305 g/mol. The lowest BCUT2D eigenvalue weighted by Gasteiger charge is -2.08. The van der Waals surface area contributed by atoms with E-state index in [0.29, 0.717) is 5.02 Å². The number of benzene rings is 1. The SMILES string of the molecule is COc1ccc(Cl)cc1CSc1nnc2ccccn12. The van der Waals surface area contributed by atoms with Gasteiger partial charge in [0.05, 0.1) is 7.11 Å². The van der Waals surface area contributed by atoms with Gasteiger partial charge in [-0.15, -0.1) is 10.2 Å². The van der Waals surface area contributed by atoms with Crippen LogP contribution in [-0.2, 0) is 5.75 Å². The van der Waals surface area contributed by atoms with E-state index in [-0.39, 0.29) is 0 Å². The van der Waals surface area contributed by atoms with Gasteiger partial charge in [-0.2, -0.15) is 0 Å². The number of rotatable bonds is 4. The molecule has 0 saturated heterocycles. The lowest BCUT2D eigenvalue weighted by molar-refractivity contribution is 0.411. The number of thioether (sulfide) groups is 1. The number of ether oxygens (including phenoxy) is 1. The van der Waals surface area contributed by atoms with Crippen molar-refractivity contribution in [1.82, 2.24) is 14.6 Å². The summed E-state index contributed by atoms with van der Waals surface area (Å²) in [5, 5.41) is 9.87. The third kappa shape index (κ3) is 2.59. The van der Waals surface area contributed by atoms with Crippen LogP contribution in [0.1, 0.15) is 5.56 Å². The average Bonchev–Trinajstić information content (AvgIpc) is 2.88. The van der Waals surface area contributed by atoms with E-state index in [1.165, 1.54) is 0 Å². The number of halogens is 1. The molecule has 0 unspecified atom stereocenters. The van der Waals surface area contributed by atoms with Gasteiger partial charge >= 0.3 is 0 Å². The van der Waals surface area contributed by atoms with Crippen molar-refractivity contribution >= 4 is 29.0 Å². The Morgan fingerprint density at radius 3 is 3.00 bits per heavy atom. The molecule has 4 nitrogen and oxygen atoms in total. The zero-order valence-electron chi connectivity index (χ0n) is 10.8. The third-order valence-corrected chi connectivity index (χ3v) is 4.11. The molecule has 0 aliphatic carbocycles. The minimum atomic E-state index is 0.701. The van der Waals surface area contributed by atoms with Gasteiger partial charge < -0.3 is 4.74 Å². The third-order valence-electron chi connectivity index (χ3n) is 2.88. The van der Waals surface area contributed by atoms with Gasteiger partial charge in [0.15, 0.2) is 10.8 Å². The van der Waals surface area contributed by atoms with E-state index >= 15 is 0 Å². The molecule has 0 amide bonds. The first kappa shape index (κ1) is 13.3. The molecular weight excluding hydrogens is 294 g/mol. The molecule has 0 fully saturated rings. The number of fused-ring (bicyclic) bond motifs is 1. The molecule has 2 heterocycles. The fraction of sp³-hybridized carbons (Fsp3) is 0.143. The van der Waals surface area contributed by atoms with Gasteiger partial charge in [-0.25, -0.2) is 0 Å². The molecule has 0 radical (unpaired) electrons. The second-order valence-corrected chi connectivity index (χ2v) is 5.54. The van der Waals surface area contributed by atoms with Gasteiger partial charge in [0, 0.05) is 22.5 Å². The molecule has 0 spiro atoms. The summed E-state index contributed by atoms with van der Waals surface area (Å²) in [6.07, 6.45) is 1.95. The number of methoxy groups -OCH3 is 1. The molecule has 0 atom stereocenters. The summed E-state index contributed by atoms with van der Waals surface area (Å²) in [6, 6.07) is 11.4.